The third-order valence-corrected chi connectivity index (χ3v) is 3.40. The molecule has 0 atom stereocenters. The lowest BCUT2D eigenvalue weighted by atomic mass is 10.2. The minimum Gasteiger partial charge on any atom is -1.00 e. The number of benzene rings is 1. The van der Waals surface area contributed by atoms with Gasteiger partial charge in [-0.25, -0.2) is 4.57 Å². The summed E-state index contributed by atoms with van der Waals surface area (Å²) >= 11 is 0. The molecule has 0 N–H and O–H groups in total. The zero-order chi connectivity index (χ0) is 14.2. The summed E-state index contributed by atoms with van der Waals surface area (Å²) in [6.07, 6.45) is 11.5. The van der Waals surface area contributed by atoms with Crippen molar-refractivity contribution in [3.8, 4) is 11.4 Å². The van der Waals surface area contributed by atoms with Gasteiger partial charge in [0.15, 0.2) is 11.4 Å². The number of rotatable bonds is 8. The lowest BCUT2D eigenvalue weighted by Crippen LogP contribution is -3.00. The Balaban J connectivity index is 0.00000220. The molecule has 0 aliphatic carbocycles. The summed E-state index contributed by atoms with van der Waals surface area (Å²) in [4.78, 5) is 0. The second-order valence-corrected chi connectivity index (χ2v) is 5.02. The maximum atomic E-state index is 5.68. The minimum absolute atomic E-state index is 0. The van der Waals surface area contributed by atoms with Crippen LogP contribution in [0, 0.1) is 0 Å². The molecular weight excluding hydrogens is 375 g/mol. The van der Waals surface area contributed by atoms with Gasteiger partial charge in [0.1, 0.15) is 12.4 Å². The van der Waals surface area contributed by atoms with Crippen molar-refractivity contribution in [3.05, 3.63) is 43.0 Å². The van der Waals surface area contributed by atoms with Gasteiger partial charge in [-0.1, -0.05) is 31.9 Å². The molecule has 2 rings (SSSR count). The van der Waals surface area contributed by atoms with E-state index in [1.165, 1.54) is 25.7 Å². The van der Waals surface area contributed by atoms with Gasteiger partial charge in [0, 0.05) is 0 Å². The molecule has 0 spiro atoms. The quantitative estimate of drug-likeness (QED) is 0.364. The standard InChI is InChI=1S/C17H25N2O.HI/c1-3-5-6-9-12-18-13-14-19(15-18)16-10-7-8-11-17(16)20-4-2;/h7-8,10-11,13-15H,3-6,9,12H2,1-2H3;1H/q+1;/p-1. The number of para-hydroxylation sites is 2. The lowest BCUT2D eigenvalue weighted by Gasteiger charge is -2.05. The number of ether oxygens (including phenoxy) is 1. The zero-order valence-corrected chi connectivity index (χ0v) is 15.1. The van der Waals surface area contributed by atoms with E-state index in [2.05, 4.69) is 40.8 Å². The lowest BCUT2D eigenvalue weighted by molar-refractivity contribution is -0.696. The molecular formula is C17H25IN2O. The molecule has 2 aromatic rings. The van der Waals surface area contributed by atoms with Crippen LogP contribution in [0.15, 0.2) is 43.0 Å². The van der Waals surface area contributed by atoms with Crippen molar-refractivity contribution in [3.63, 3.8) is 0 Å². The molecule has 0 saturated heterocycles. The van der Waals surface area contributed by atoms with Crippen LogP contribution in [-0.4, -0.2) is 11.2 Å². The van der Waals surface area contributed by atoms with E-state index in [0.29, 0.717) is 6.61 Å². The van der Waals surface area contributed by atoms with Crippen molar-refractivity contribution >= 4 is 0 Å². The second kappa shape index (κ2) is 9.82. The molecule has 0 unspecified atom stereocenters. The Morgan fingerprint density at radius 3 is 2.67 bits per heavy atom. The number of aryl methyl sites for hydroxylation is 1. The normalized spacial score (nSPS) is 10.2. The van der Waals surface area contributed by atoms with E-state index in [-0.39, 0.29) is 24.0 Å². The number of nitrogens with zero attached hydrogens (tertiary/aromatic N) is 2. The van der Waals surface area contributed by atoms with Crippen molar-refractivity contribution in [2.75, 3.05) is 6.61 Å². The highest BCUT2D eigenvalue weighted by Crippen LogP contribution is 2.21. The summed E-state index contributed by atoms with van der Waals surface area (Å²) in [5.74, 6) is 0.934. The minimum atomic E-state index is 0. The largest absolute Gasteiger partial charge is 1.00 e. The van der Waals surface area contributed by atoms with Crippen molar-refractivity contribution in [1.29, 1.82) is 0 Å². The van der Waals surface area contributed by atoms with Crippen LogP contribution in [0.4, 0.5) is 0 Å². The topological polar surface area (TPSA) is 18.0 Å². The van der Waals surface area contributed by atoms with E-state index in [9.17, 15) is 0 Å². The molecule has 21 heavy (non-hydrogen) atoms. The average Bonchev–Trinajstić information content (AvgIpc) is 2.93. The fraction of sp³-hybridized carbons (Fsp3) is 0.471. The highest BCUT2D eigenvalue weighted by Gasteiger charge is 2.11. The van der Waals surface area contributed by atoms with Gasteiger partial charge in [0.2, 0.25) is 6.33 Å². The van der Waals surface area contributed by atoms with E-state index < -0.39 is 0 Å². The predicted octanol–water partition coefficient (Wildman–Crippen LogP) is 0.748. The molecule has 1 aromatic heterocycles. The van der Waals surface area contributed by atoms with Crippen LogP contribution in [-0.2, 0) is 6.54 Å². The SMILES string of the molecule is CCCCCC[n+]1ccn(-c2ccccc2OCC)c1.[I-]. The van der Waals surface area contributed by atoms with Crippen molar-refractivity contribution in [2.24, 2.45) is 0 Å². The fourth-order valence-corrected chi connectivity index (χ4v) is 2.34. The Morgan fingerprint density at radius 2 is 1.90 bits per heavy atom. The Morgan fingerprint density at radius 1 is 1.10 bits per heavy atom. The van der Waals surface area contributed by atoms with E-state index >= 15 is 0 Å². The number of hydrogen-bond donors (Lipinski definition) is 0. The van der Waals surface area contributed by atoms with Crippen LogP contribution in [0.2, 0.25) is 0 Å². The van der Waals surface area contributed by atoms with Crippen molar-refractivity contribution < 1.29 is 33.3 Å². The van der Waals surface area contributed by atoms with E-state index in [1.54, 1.807) is 0 Å². The predicted molar refractivity (Wildman–Crippen MR) is 81.3 cm³/mol. The van der Waals surface area contributed by atoms with Crippen LogP contribution in [0.1, 0.15) is 39.5 Å². The summed E-state index contributed by atoms with van der Waals surface area (Å²) < 4.78 is 10.1. The summed E-state index contributed by atoms with van der Waals surface area (Å²) in [7, 11) is 0. The van der Waals surface area contributed by atoms with Gasteiger partial charge in [-0.3, -0.25) is 0 Å². The van der Waals surface area contributed by atoms with Gasteiger partial charge >= 0.3 is 0 Å². The smallest absolute Gasteiger partial charge is 0.249 e. The maximum absolute atomic E-state index is 5.68. The number of aromatic nitrogens is 2. The summed E-state index contributed by atoms with van der Waals surface area (Å²) in [6, 6.07) is 8.16. The zero-order valence-electron chi connectivity index (χ0n) is 13.0. The molecule has 4 heteroatoms. The van der Waals surface area contributed by atoms with Crippen LogP contribution in [0.25, 0.3) is 5.69 Å². The third-order valence-electron chi connectivity index (χ3n) is 3.40. The summed E-state index contributed by atoms with van der Waals surface area (Å²) in [6.45, 7) is 6.04. The molecule has 1 aromatic carbocycles. The fourth-order valence-electron chi connectivity index (χ4n) is 2.34. The Labute approximate surface area is 145 Å². The van der Waals surface area contributed by atoms with E-state index in [0.717, 1.165) is 18.0 Å². The van der Waals surface area contributed by atoms with Crippen LogP contribution in [0.5, 0.6) is 5.75 Å². The molecule has 0 aliphatic heterocycles. The highest BCUT2D eigenvalue weighted by atomic mass is 127. The molecule has 0 aliphatic rings. The molecule has 0 saturated carbocycles. The second-order valence-electron chi connectivity index (χ2n) is 5.02. The number of hydrogen-bond acceptors (Lipinski definition) is 1. The van der Waals surface area contributed by atoms with Gasteiger partial charge in [-0.05, 0) is 31.9 Å². The Kier molecular flexibility index (Phi) is 8.42. The van der Waals surface area contributed by atoms with Gasteiger partial charge in [0.25, 0.3) is 0 Å². The first-order valence-corrected chi connectivity index (χ1v) is 7.64. The van der Waals surface area contributed by atoms with E-state index in [1.807, 2.05) is 25.1 Å². The molecule has 3 nitrogen and oxygen atoms in total. The summed E-state index contributed by atoms with van der Waals surface area (Å²) in [5.41, 5.74) is 1.10. The van der Waals surface area contributed by atoms with E-state index in [4.69, 9.17) is 4.74 Å². The van der Waals surface area contributed by atoms with Gasteiger partial charge in [-0.2, -0.15) is 4.57 Å². The first-order valence-electron chi connectivity index (χ1n) is 7.64. The van der Waals surface area contributed by atoms with Gasteiger partial charge in [-0.15, -0.1) is 0 Å². The van der Waals surface area contributed by atoms with Crippen LogP contribution in [0.3, 0.4) is 0 Å². The first-order chi connectivity index (χ1) is 9.85. The van der Waals surface area contributed by atoms with Crippen molar-refractivity contribution in [2.45, 2.75) is 46.1 Å². The Bertz CT molecular complexity index is 525. The summed E-state index contributed by atoms with van der Waals surface area (Å²) in [5, 5.41) is 0. The molecule has 0 amide bonds. The highest BCUT2D eigenvalue weighted by molar-refractivity contribution is 5.46. The molecule has 0 radical (unpaired) electrons. The Hall–Kier alpha value is -1.04. The van der Waals surface area contributed by atoms with Crippen molar-refractivity contribution in [1.82, 2.24) is 4.57 Å². The molecule has 0 fully saturated rings. The average molecular weight is 400 g/mol. The van der Waals surface area contributed by atoms with Crippen LogP contribution < -0.4 is 33.3 Å². The molecule has 116 valence electrons. The molecule has 1 heterocycles. The van der Waals surface area contributed by atoms with Crippen LogP contribution >= 0.6 is 0 Å². The van der Waals surface area contributed by atoms with Gasteiger partial charge in [0.05, 0.1) is 13.2 Å². The maximum Gasteiger partial charge on any atom is 0.249 e. The monoisotopic (exact) mass is 400 g/mol. The third kappa shape index (κ3) is 5.34. The number of imidazole rings is 1. The first kappa shape index (κ1) is 18.0. The van der Waals surface area contributed by atoms with Gasteiger partial charge < -0.3 is 28.7 Å². The number of unbranched alkanes of at least 4 members (excludes halogenated alkanes) is 3. The molecule has 0 bridgehead atoms. The number of halogens is 1.